The summed E-state index contributed by atoms with van der Waals surface area (Å²) in [6.45, 7) is 4.67. The van der Waals surface area contributed by atoms with Gasteiger partial charge in [-0.1, -0.05) is 0 Å². The number of rotatable bonds is 2. The summed E-state index contributed by atoms with van der Waals surface area (Å²) >= 11 is 2.25. The number of nitrogens with one attached hydrogen (secondary N) is 1. The fraction of sp³-hybridized carbons (Fsp3) is 0.556. The lowest BCUT2D eigenvalue weighted by atomic mass is 10.3. The smallest absolute Gasteiger partial charge is 0.248 e. The Morgan fingerprint density at radius 3 is 2.40 bits per heavy atom. The summed E-state index contributed by atoms with van der Waals surface area (Å²) in [4.78, 5) is 23.9. The van der Waals surface area contributed by atoms with Crippen LogP contribution in [-0.2, 0) is 9.59 Å². The van der Waals surface area contributed by atoms with Gasteiger partial charge in [-0.25, -0.2) is 3.11 Å². The van der Waals surface area contributed by atoms with Crippen LogP contribution in [0.2, 0.25) is 0 Å². The van der Waals surface area contributed by atoms with Crippen LogP contribution in [0.3, 0.4) is 0 Å². The molecule has 5 nitrogen and oxygen atoms in total. The molecule has 84 valence electrons. The van der Waals surface area contributed by atoms with E-state index < -0.39 is 0 Å². The highest BCUT2D eigenvalue weighted by molar-refractivity contribution is 14.1. The first-order valence-electron chi connectivity index (χ1n) is 4.73. The molecule has 1 rings (SSSR count). The zero-order chi connectivity index (χ0) is 11.3. The average molecular weight is 323 g/mol. The minimum Gasteiger partial charge on any atom is -0.336 e. The van der Waals surface area contributed by atoms with Crippen molar-refractivity contribution in [2.24, 2.45) is 0 Å². The van der Waals surface area contributed by atoms with E-state index in [0.29, 0.717) is 0 Å². The van der Waals surface area contributed by atoms with E-state index in [0.717, 1.165) is 26.2 Å². The van der Waals surface area contributed by atoms with Crippen LogP contribution in [0.1, 0.15) is 6.92 Å². The van der Waals surface area contributed by atoms with Gasteiger partial charge < -0.3 is 10.2 Å². The molecule has 0 spiro atoms. The van der Waals surface area contributed by atoms with Crippen molar-refractivity contribution in [3.05, 3.63) is 12.3 Å². The molecule has 0 radical (unpaired) electrons. The van der Waals surface area contributed by atoms with Crippen molar-refractivity contribution in [2.75, 3.05) is 26.2 Å². The molecule has 1 aliphatic rings. The van der Waals surface area contributed by atoms with Gasteiger partial charge in [-0.2, -0.15) is 0 Å². The third-order valence-electron chi connectivity index (χ3n) is 2.05. The standard InChI is InChI=1S/C9H14IN3O2/c1-8(14)11-3-2-9(15)12-4-6-13(10)7-5-12/h2-3H,4-7H2,1H3,(H,11,14)/b3-2+. The molecule has 1 N–H and O–H groups in total. The molecule has 0 bridgehead atoms. The van der Waals surface area contributed by atoms with Gasteiger partial charge in [0.15, 0.2) is 0 Å². The summed E-state index contributed by atoms with van der Waals surface area (Å²) in [6, 6.07) is 0. The second-order valence-electron chi connectivity index (χ2n) is 3.27. The van der Waals surface area contributed by atoms with Crippen LogP contribution in [-0.4, -0.2) is 46.0 Å². The van der Waals surface area contributed by atoms with Crippen LogP contribution in [0.25, 0.3) is 0 Å². The number of carbonyl (C=O) groups is 2. The predicted molar refractivity (Wildman–Crippen MR) is 65.1 cm³/mol. The van der Waals surface area contributed by atoms with Gasteiger partial charge in [-0.3, -0.25) is 9.59 Å². The maximum atomic E-state index is 11.6. The van der Waals surface area contributed by atoms with Gasteiger partial charge >= 0.3 is 0 Å². The normalized spacial score (nSPS) is 18.1. The number of hydrogen-bond donors (Lipinski definition) is 1. The molecule has 0 unspecified atom stereocenters. The van der Waals surface area contributed by atoms with Crippen molar-refractivity contribution in [1.29, 1.82) is 0 Å². The molecular weight excluding hydrogens is 309 g/mol. The lowest BCUT2D eigenvalue weighted by molar-refractivity contribution is -0.127. The van der Waals surface area contributed by atoms with E-state index in [9.17, 15) is 9.59 Å². The van der Waals surface area contributed by atoms with Crippen LogP contribution < -0.4 is 5.32 Å². The van der Waals surface area contributed by atoms with E-state index in [1.165, 1.54) is 19.2 Å². The van der Waals surface area contributed by atoms with Crippen LogP contribution in [0.4, 0.5) is 0 Å². The van der Waals surface area contributed by atoms with E-state index in [2.05, 4.69) is 31.3 Å². The molecule has 0 aromatic rings. The van der Waals surface area contributed by atoms with E-state index in [1.54, 1.807) is 4.90 Å². The second kappa shape index (κ2) is 6.06. The van der Waals surface area contributed by atoms with Gasteiger partial charge in [0.25, 0.3) is 0 Å². The Morgan fingerprint density at radius 2 is 1.87 bits per heavy atom. The average Bonchev–Trinajstić information content (AvgIpc) is 2.18. The van der Waals surface area contributed by atoms with Crippen LogP contribution in [0.5, 0.6) is 0 Å². The topological polar surface area (TPSA) is 52.7 Å². The molecule has 1 heterocycles. The SMILES string of the molecule is CC(=O)N/C=C/C(=O)N1CCN(I)CC1. The van der Waals surface area contributed by atoms with E-state index in [4.69, 9.17) is 0 Å². The van der Waals surface area contributed by atoms with Crippen molar-refractivity contribution >= 4 is 34.7 Å². The molecule has 1 saturated heterocycles. The highest BCUT2D eigenvalue weighted by Crippen LogP contribution is 2.06. The summed E-state index contributed by atoms with van der Waals surface area (Å²) in [5.74, 6) is -0.218. The van der Waals surface area contributed by atoms with Gasteiger partial charge in [0.2, 0.25) is 11.8 Å². The molecule has 0 atom stereocenters. The molecule has 0 saturated carbocycles. The van der Waals surface area contributed by atoms with Crippen LogP contribution >= 0.6 is 22.9 Å². The molecule has 15 heavy (non-hydrogen) atoms. The molecule has 6 heteroatoms. The minimum atomic E-state index is -0.170. The first-order valence-corrected chi connectivity index (χ1v) is 5.69. The number of amides is 2. The summed E-state index contributed by atoms with van der Waals surface area (Å²) in [5, 5.41) is 2.45. The third-order valence-corrected chi connectivity index (χ3v) is 3.01. The fourth-order valence-corrected chi connectivity index (χ4v) is 1.67. The number of hydrogen-bond acceptors (Lipinski definition) is 3. The molecule has 1 aliphatic heterocycles. The van der Waals surface area contributed by atoms with Gasteiger partial charge in [0.05, 0.1) is 0 Å². The van der Waals surface area contributed by atoms with Gasteiger partial charge in [-0.05, 0) is 0 Å². The molecular formula is C9H14IN3O2. The van der Waals surface area contributed by atoms with Crippen molar-refractivity contribution in [3.8, 4) is 0 Å². The van der Waals surface area contributed by atoms with Crippen molar-refractivity contribution in [2.45, 2.75) is 6.92 Å². The number of nitrogens with zero attached hydrogens (tertiary/aromatic N) is 2. The lowest BCUT2D eigenvalue weighted by Crippen LogP contribution is -2.44. The fourth-order valence-electron chi connectivity index (χ4n) is 1.24. The summed E-state index contributed by atoms with van der Waals surface area (Å²) in [6.07, 6.45) is 2.78. The van der Waals surface area contributed by atoms with Crippen LogP contribution in [0, 0.1) is 0 Å². The zero-order valence-electron chi connectivity index (χ0n) is 8.57. The Hall–Kier alpha value is -0.630. The van der Waals surface area contributed by atoms with Crippen molar-refractivity contribution < 1.29 is 9.59 Å². The molecule has 0 aliphatic carbocycles. The summed E-state index contributed by atoms with van der Waals surface area (Å²) in [7, 11) is 0. The highest BCUT2D eigenvalue weighted by atomic mass is 127. The third kappa shape index (κ3) is 4.61. The van der Waals surface area contributed by atoms with Gasteiger partial charge in [-0.15, -0.1) is 0 Å². The van der Waals surface area contributed by atoms with Crippen molar-refractivity contribution in [3.63, 3.8) is 0 Å². The maximum absolute atomic E-state index is 11.6. The Bertz CT molecular complexity index is 273. The zero-order valence-corrected chi connectivity index (χ0v) is 10.7. The largest absolute Gasteiger partial charge is 0.336 e. The summed E-state index contributed by atoms with van der Waals surface area (Å²) < 4.78 is 2.15. The Kier molecular flexibility index (Phi) is 5.03. The monoisotopic (exact) mass is 323 g/mol. The van der Waals surface area contributed by atoms with Gasteiger partial charge in [0.1, 0.15) is 0 Å². The van der Waals surface area contributed by atoms with E-state index >= 15 is 0 Å². The quantitative estimate of drug-likeness (QED) is 0.447. The highest BCUT2D eigenvalue weighted by Gasteiger charge is 2.17. The first-order chi connectivity index (χ1) is 7.09. The molecule has 0 aromatic carbocycles. The predicted octanol–water partition coefficient (Wildman–Crippen LogP) is 0.130. The Balaban J connectivity index is 2.34. The number of piperazine rings is 1. The first kappa shape index (κ1) is 12.4. The maximum Gasteiger partial charge on any atom is 0.248 e. The molecule has 2 amide bonds. The van der Waals surface area contributed by atoms with E-state index in [-0.39, 0.29) is 11.8 Å². The Labute approximate surface area is 103 Å². The van der Waals surface area contributed by atoms with Gasteiger partial charge in [0, 0.05) is 68.2 Å². The number of carbonyl (C=O) groups excluding carboxylic acids is 2. The van der Waals surface area contributed by atoms with E-state index in [1.807, 2.05) is 0 Å². The molecule has 1 fully saturated rings. The van der Waals surface area contributed by atoms with Crippen molar-refractivity contribution in [1.82, 2.24) is 13.3 Å². The van der Waals surface area contributed by atoms with Crippen LogP contribution in [0.15, 0.2) is 12.3 Å². The second-order valence-corrected chi connectivity index (χ2v) is 4.63. The lowest BCUT2D eigenvalue weighted by Gasteiger charge is -2.30. The summed E-state index contributed by atoms with van der Waals surface area (Å²) in [5.41, 5.74) is 0. The minimum absolute atomic E-state index is 0.0479. The number of halogens is 1. The Morgan fingerprint density at radius 1 is 1.27 bits per heavy atom. The molecule has 0 aromatic heterocycles.